The Labute approximate surface area is 155 Å². The minimum atomic E-state index is -3.58. The largest absolute Gasteiger partial charge is 0.342 e. The lowest BCUT2D eigenvalue weighted by molar-refractivity contribution is -0.138. The van der Waals surface area contributed by atoms with Crippen LogP contribution in [0, 0.1) is 11.8 Å². The number of halogens is 1. The van der Waals surface area contributed by atoms with E-state index in [1.165, 1.54) is 16.4 Å². The zero-order valence-electron chi connectivity index (χ0n) is 14.5. The van der Waals surface area contributed by atoms with Gasteiger partial charge in [-0.1, -0.05) is 18.5 Å². The number of hydrogen-bond donors (Lipinski definition) is 0. The molecule has 0 unspecified atom stereocenters. The summed E-state index contributed by atoms with van der Waals surface area (Å²) in [7, 11) is -3.58. The van der Waals surface area contributed by atoms with Gasteiger partial charge >= 0.3 is 0 Å². The highest BCUT2D eigenvalue weighted by Gasteiger charge is 2.35. The van der Waals surface area contributed by atoms with Crippen LogP contribution in [0.15, 0.2) is 29.2 Å². The van der Waals surface area contributed by atoms with Gasteiger partial charge in [0.2, 0.25) is 15.9 Å². The fraction of sp³-hybridized carbons (Fsp3) is 0.611. The van der Waals surface area contributed by atoms with E-state index in [9.17, 15) is 13.2 Å². The average Bonchev–Trinajstić information content (AvgIpc) is 2.61. The maximum atomic E-state index is 12.9. The molecule has 2 atom stereocenters. The van der Waals surface area contributed by atoms with Crippen LogP contribution in [0.1, 0.15) is 32.6 Å². The van der Waals surface area contributed by atoms with Crippen molar-refractivity contribution in [1.29, 1.82) is 0 Å². The number of piperidine rings is 2. The van der Waals surface area contributed by atoms with E-state index in [-0.39, 0.29) is 23.3 Å². The second-order valence-electron chi connectivity index (χ2n) is 7.19. The summed E-state index contributed by atoms with van der Waals surface area (Å²) >= 11 is 5.85. The zero-order chi connectivity index (χ0) is 18.0. The number of likely N-dealkylation sites (tertiary alicyclic amines) is 1. The Bertz CT molecular complexity index is 720. The Morgan fingerprint density at radius 3 is 2.44 bits per heavy atom. The third-order valence-electron chi connectivity index (χ3n) is 5.15. The Morgan fingerprint density at radius 1 is 1.08 bits per heavy atom. The molecule has 2 fully saturated rings. The van der Waals surface area contributed by atoms with Crippen LogP contribution in [0.25, 0.3) is 0 Å². The number of sulfonamides is 1. The zero-order valence-corrected chi connectivity index (χ0v) is 16.1. The monoisotopic (exact) mass is 384 g/mol. The molecular formula is C18H25ClN2O3S. The molecule has 0 bridgehead atoms. The molecule has 2 heterocycles. The Kier molecular flexibility index (Phi) is 5.71. The molecule has 0 aromatic heterocycles. The molecule has 2 aliphatic heterocycles. The third-order valence-corrected chi connectivity index (χ3v) is 7.28. The summed E-state index contributed by atoms with van der Waals surface area (Å²) in [5.41, 5.74) is 0. The molecule has 138 valence electrons. The molecule has 0 saturated carbocycles. The highest BCUT2D eigenvalue weighted by atomic mass is 35.5. The van der Waals surface area contributed by atoms with Crippen molar-refractivity contribution in [3.05, 3.63) is 29.3 Å². The summed E-state index contributed by atoms with van der Waals surface area (Å²) < 4.78 is 27.2. The van der Waals surface area contributed by atoms with Gasteiger partial charge in [0.15, 0.2) is 0 Å². The van der Waals surface area contributed by atoms with Gasteiger partial charge in [-0.25, -0.2) is 8.42 Å². The summed E-state index contributed by atoms with van der Waals surface area (Å²) in [5.74, 6) is 0.402. The quantitative estimate of drug-likeness (QED) is 0.804. The van der Waals surface area contributed by atoms with E-state index in [0.29, 0.717) is 23.9 Å². The molecule has 1 amide bonds. The predicted molar refractivity (Wildman–Crippen MR) is 97.9 cm³/mol. The van der Waals surface area contributed by atoms with Crippen LogP contribution in [0.2, 0.25) is 5.02 Å². The highest BCUT2D eigenvalue weighted by Crippen LogP contribution is 2.27. The molecule has 1 aromatic rings. The fourth-order valence-corrected chi connectivity index (χ4v) is 5.42. The van der Waals surface area contributed by atoms with Crippen molar-refractivity contribution >= 4 is 27.5 Å². The van der Waals surface area contributed by atoms with Crippen LogP contribution in [0.4, 0.5) is 0 Å². The van der Waals surface area contributed by atoms with Crippen molar-refractivity contribution in [2.45, 2.75) is 37.5 Å². The van der Waals surface area contributed by atoms with Gasteiger partial charge in [-0.15, -0.1) is 0 Å². The van der Waals surface area contributed by atoms with Crippen molar-refractivity contribution in [2.75, 3.05) is 26.2 Å². The molecule has 3 rings (SSSR count). The molecule has 2 saturated heterocycles. The molecule has 1 aromatic carbocycles. The minimum absolute atomic E-state index is 0.113. The first-order chi connectivity index (χ1) is 11.9. The first kappa shape index (κ1) is 18.7. The van der Waals surface area contributed by atoms with E-state index >= 15 is 0 Å². The molecule has 0 N–H and O–H groups in total. The van der Waals surface area contributed by atoms with Gasteiger partial charge in [0.1, 0.15) is 0 Å². The first-order valence-electron chi connectivity index (χ1n) is 8.92. The highest BCUT2D eigenvalue weighted by molar-refractivity contribution is 7.89. The summed E-state index contributed by atoms with van der Waals surface area (Å²) in [6, 6.07) is 6.21. The van der Waals surface area contributed by atoms with E-state index < -0.39 is 10.0 Å². The van der Waals surface area contributed by atoms with Gasteiger partial charge < -0.3 is 4.90 Å². The molecule has 2 aliphatic rings. The van der Waals surface area contributed by atoms with Crippen molar-refractivity contribution in [3.8, 4) is 0 Å². The summed E-state index contributed by atoms with van der Waals surface area (Å²) in [5, 5.41) is 0.505. The maximum Gasteiger partial charge on any atom is 0.243 e. The van der Waals surface area contributed by atoms with Crippen LogP contribution in [-0.2, 0) is 14.8 Å². The summed E-state index contributed by atoms with van der Waals surface area (Å²) in [6.45, 7) is 4.49. The number of carbonyl (C=O) groups excluding carboxylic acids is 1. The minimum Gasteiger partial charge on any atom is -0.342 e. The Hall–Kier alpha value is -1.11. The van der Waals surface area contributed by atoms with Gasteiger partial charge in [-0.2, -0.15) is 4.31 Å². The van der Waals surface area contributed by atoms with E-state index in [4.69, 9.17) is 11.6 Å². The topological polar surface area (TPSA) is 57.7 Å². The van der Waals surface area contributed by atoms with Crippen LogP contribution in [0.3, 0.4) is 0 Å². The van der Waals surface area contributed by atoms with E-state index in [1.54, 1.807) is 12.1 Å². The number of benzene rings is 1. The van der Waals surface area contributed by atoms with E-state index in [2.05, 4.69) is 6.92 Å². The lowest BCUT2D eigenvalue weighted by Gasteiger charge is -2.37. The molecule has 25 heavy (non-hydrogen) atoms. The Morgan fingerprint density at radius 2 is 1.76 bits per heavy atom. The van der Waals surface area contributed by atoms with E-state index in [1.807, 2.05) is 4.90 Å². The van der Waals surface area contributed by atoms with Crippen LogP contribution < -0.4 is 0 Å². The molecule has 5 nitrogen and oxygen atoms in total. The van der Waals surface area contributed by atoms with Crippen LogP contribution in [0.5, 0.6) is 0 Å². The van der Waals surface area contributed by atoms with Crippen molar-refractivity contribution in [2.24, 2.45) is 11.8 Å². The first-order valence-corrected chi connectivity index (χ1v) is 10.7. The fourth-order valence-electron chi connectivity index (χ4n) is 3.77. The van der Waals surface area contributed by atoms with Gasteiger partial charge in [0.25, 0.3) is 0 Å². The molecule has 0 spiro atoms. The summed E-state index contributed by atoms with van der Waals surface area (Å²) in [4.78, 5) is 15.0. The maximum absolute atomic E-state index is 12.9. The van der Waals surface area contributed by atoms with Crippen molar-refractivity contribution < 1.29 is 13.2 Å². The summed E-state index contributed by atoms with van der Waals surface area (Å²) in [6.07, 6.45) is 3.67. The third kappa shape index (κ3) is 4.18. The van der Waals surface area contributed by atoms with Crippen LogP contribution in [-0.4, -0.2) is 49.7 Å². The van der Waals surface area contributed by atoms with Gasteiger partial charge in [-0.05, 0) is 55.9 Å². The number of rotatable bonds is 3. The van der Waals surface area contributed by atoms with Gasteiger partial charge in [0, 0.05) is 31.2 Å². The van der Waals surface area contributed by atoms with E-state index in [0.717, 1.165) is 32.4 Å². The lowest BCUT2D eigenvalue weighted by Crippen LogP contribution is -2.48. The standard InChI is InChI=1S/C18H25ClN2O3S/c1-14-4-2-10-20(12-14)18(22)15-5-3-11-21(13-15)25(23,24)17-8-6-16(19)7-9-17/h6-9,14-15H,2-5,10-13H2,1H3/t14-,15-/m1/s1. The molecule has 0 radical (unpaired) electrons. The number of nitrogens with zero attached hydrogens (tertiary/aromatic N) is 2. The Balaban J connectivity index is 1.72. The average molecular weight is 385 g/mol. The number of hydrogen-bond acceptors (Lipinski definition) is 3. The SMILES string of the molecule is C[C@@H]1CCCN(C(=O)[C@@H]2CCCN(S(=O)(=O)c3ccc(Cl)cc3)C2)C1. The normalized spacial score (nSPS) is 25.8. The van der Waals surface area contributed by atoms with Gasteiger partial charge in [0.05, 0.1) is 10.8 Å². The molecular weight excluding hydrogens is 360 g/mol. The van der Waals surface area contributed by atoms with Crippen molar-refractivity contribution in [1.82, 2.24) is 9.21 Å². The van der Waals surface area contributed by atoms with Crippen LogP contribution >= 0.6 is 11.6 Å². The van der Waals surface area contributed by atoms with Crippen molar-refractivity contribution in [3.63, 3.8) is 0 Å². The second kappa shape index (κ2) is 7.64. The molecule has 0 aliphatic carbocycles. The van der Waals surface area contributed by atoms with Gasteiger partial charge in [-0.3, -0.25) is 4.79 Å². The molecule has 7 heteroatoms. The second-order valence-corrected chi connectivity index (χ2v) is 9.56. The number of carbonyl (C=O) groups is 1. The smallest absolute Gasteiger partial charge is 0.243 e. The number of amides is 1. The lowest BCUT2D eigenvalue weighted by atomic mass is 9.94. The predicted octanol–water partition coefficient (Wildman–Crippen LogP) is 3.00.